The summed E-state index contributed by atoms with van der Waals surface area (Å²) in [6.45, 7) is 7.55. The van der Waals surface area contributed by atoms with Gasteiger partial charge in [-0.1, -0.05) is 86.3 Å². The van der Waals surface area contributed by atoms with Crippen molar-refractivity contribution < 1.29 is 14.7 Å². The number of hydrogen-bond acceptors (Lipinski definition) is 4. The normalized spacial score (nSPS) is 15.6. The number of aliphatic imine (C=N–C) groups is 1. The number of terminal acetylenes is 1. The molecule has 7 heteroatoms. The predicted molar refractivity (Wildman–Crippen MR) is 181 cm³/mol. The summed E-state index contributed by atoms with van der Waals surface area (Å²) in [4.78, 5) is 30.8. The molecule has 1 saturated carbocycles. The van der Waals surface area contributed by atoms with Crippen LogP contribution in [0.5, 0.6) is 0 Å². The SMILES string of the molecule is C#C.CC.CSC(=NCc1ccccc1C)N(Cc1ccc(C(=O)NCCC(=O)O)cc1)C1CCCC2=CC=CCC=C21. The zero-order valence-electron chi connectivity index (χ0n) is 25.9. The molecule has 2 aliphatic rings. The Morgan fingerprint density at radius 2 is 1.84 bits per heavy atom. The van der Waals surface area contributed by atoms with Gasteiger partial charge in [0.2, 0.25) is 0 Å². The van der Waals surface area contributed by atoms with Crippen LogP contribution in [0.25, 0.3) is 0 Å². The Morgan fingerprint density at radius 3 is 2.51 bits per heavy atom. The Balaban J connectivity index is 0.00000155. The third-order valence-corrected chi connectivity index (χ3v) is 7.93. The maximum atomic E-state index is 12.4. The first kappa shape index (κ1) is 35.2. The van der Waals surface area contributed by atoms with E-state index in [4.69, 9.17) is 10.1 Å². The van der Waals surface area contributed by atoms with E-state index in [0.717, 1.165) is 36.4 Å². The lowest BCUT2D eigenvalue weighted by Gasteiger charge is -2.39. The van der Waals surface area contributed by atoms with E-state index < -0.39 is 5.97 Å². The zero-order chi connectivity index (χ0) is 31.6. The van der Waals surface area contributed by atoms with Crippen molar-refractivity contribution in [1.82, 2.24) is 10.2 Å². The fourth-order valence-electron chi connectivity index (χ4n) is 5.10. The lowest BCUT2D eigenvalue weighted by atomic mass is 9.84. The number of aryl methyl sites for hydroxylation is 1. The number of allylic oxidation sites excluding steroid dienone is 4. The molecular formula is C36H45N3O3S. The predicted octanol–water partition coefficient (Wildman–Crippen LogP) is 7.56. The fraction of sp³-hybridized carbons (Fsp3) is 0.361. The number of amidine groups is 1. The van der Waals surface area contributed by atoms with Crippen molar-refractivity contribution in [3.63, 3.8) is 0 Å². The first-order valence-electron chi connectivity index (χ1n) is 14.8. The second-order valence-electron chi connectivity index (χ2n) is 9.88. The number of carboxylic acid groups (broad SMARTS) is 1. The summed E-state index contributed by atoms with van der Waals surface area (Å²) in [6.07, 6.45) is 23.2. The van der Waals surface area contributed by atoms with E-state index in [2.05, 4.69) is 84.8 Å². The number of fused-ring (bicyclic) bond motifs is 1. The molecule has 0 aliphatic heterocycles. The van der Waals surface area contributed by atoms with Crippen LogP contribution in [-0.2, 0) is 17.9 Å². The van der Waals surface area contributed by atoms with E-state index in [-0.39, 0.29) is 24.9 Å². The number of carbonyl (C=O) groups is 2. The van der Waals surface area contributed by atoms with Crippen LogP contribution in [0, 0.1) is 19.8 Å². The van der Waals surface area contributed by atoms with Gasteiger partial charge in [0, 0.05) is 18.7 Å². The molecule has 2 aromatic rings. The van der Waals surface area contributed by atoms with Crippen LogP contribution in [0.3, 0.4) is 0 Å². The number of nitrogens with zero attached hydrogens (tertiary/aromatic N) is 2. The summed E-state index contributed by atoms with van der Waals surface area (Å²) in [5.74, 6) is -1.19. The number of carboxylic acids is 1. The molecule has 6 nitrogen and oxygen atoms in total. The Hall–Kier alpha value is -4.02. The van der Waals surface area contributed by atoms with Crippen LogP contribution in [0.2, 0.25) is 0 Å². The first-order valence-corrected chi connectivity index (χ1v) is 16.1. The molecule has 0 aromatic heterocycles. The largest absolute Gasteiger partial charge is 0.481 e. The number of benzene rings is 2. The summed E-state index contributed by atoms with van der Waals surface area (Å²) in [5, 5.41) is 12.5. The van der Waals surface area contributed by atoms with Gasteiger partial charge in [0.25, 0.3) is 5.91 Å². The molecule has 1 amide bonds. The second-order valence-corrected chi connectivity index (χ2v) is 10.7. The van der Waals surface area contributed by atoms with Crippen LogP contribution in [0.15, 0.2) is 89.0 Å². The van der Waals surface area contributed by atoms with Gasteiger partial charge in [-0.2, -0.15) is 0 Å². The minimum atomic E-state index is -0.931. The van der Waals surface area contributed by atoms with Crippen LogP contribution in [0.1, 0.15) is 73.0 Å². The number of amides is 1. The third-order valence-electron chi connectivity index (χ3n) is 7.20. The zero-order valence-corrected chi connectivity index (χ0v) is 26.7. The van der Waals surface area contributed by atoms with Crippen molar-refractivity contribution in [3.05, 3.63) is 106 Å². The standard InChI is InChI=1S/C32H37N3O3S.C2H6.C2H2/c1-23-9-6-7-11-27(23)21-34-32(39-2)35(29-14-8-12-25-10-4-3-5-13-28(25)29)22-24-15-17-26(18-16-24)31(38)33-20-19-30(36)37;2*1-2/h3-4,6-7,9-11,13,15-18,29H,5,8,12,14,19-22H2,1-2H3,(H,33,38)(H,36,37);1-2H3;1-2H. The Labute approximate surface area is 262 Å². The lowest BCUT2D eigenvalue weighted by molar-refractivity contribution is -0.136. The monoisotopic (exact) mass is 599 g/mol. The molecule has 1 fully saturated rings. The summed E-state index contributed by atoms with van der Waals surface area (Å²) >= 11 is 1.68. The van der Waals surface area contributed by atoms with E-state index in [0.29, 0.717) is 18.7 Å². The van der Waals surface area contributed by atoms with Gasteiger partial charge < -0.3 is 15.3 Å². The van der Waals surface area contributed by atoms with E-state index in [1.807, 2.05) is 38.1 Å². The average molecular weight is 600 g/mol. The highest BCUT2D eigenvalue weighted by Crippen LogP contribution is 2.36. The summed E-state index contributed by atoms with van der Waals surface area (Å²) < 4.78 is 0. The highest BCUT2D eigenvalue weighted by molar-refractivity contribution is 8.13. The van der Waals surface area contributed by atoms with Gasteiger partial charge in [0.05, 0.1) is 19.0 Å². The molecule has 4 rings (SSSR count). The van der Waals surface area contributed by atoms with E-state index in [1.165, 1.54) is 22.3 Å². The lowest BCUT2D eigenvalue weighted by Crippen LogP contribution is -2.41. The Morgan fingerprint density at radius 1 is 1.12 bits per heavy atom. The molecule has 1 unspecified atom stereocenters. The van der Waals surface area contributed by atoms with Crippen LogP contribution >= 0.6 is 11.8 Å². The number of carbonyl (C=O) groups excluding carboxylic acids is 1. The Kier molecular flexibility index (Phi) is 15.7. The van der Waals surface area contributed by atoms with Crippen molar-refractivity contribution in [2.45, 2.75) is 72.0 Å². The van der Waals surface area contributed by atoms with Crippen molar-refractivity contribution in [2.75, 3.05) is 12.8 Å². The summed E-state index contributed by atoms with van der Waals surface area (Å²) in [5.41, 5.74) is 6.90. The minimum Gasteiger partial charge on any atom is -0.481 e. The number of thioether (sulfide) groups is 1. The van der Waals surface area contributed by atoms with Gasteiger partial charge in [-0.3, -0.25) is 14.6 Å². The quantitative estimate of drug-likeness (QED) is 0.177. The van der Waals surface area contributed by atoms with Crippen molar-refractivity contribution in [1.29, 1.82) is 0 Å². The fourth-order valence-corrected chi connectivity index (χ4v) is 5.72. The third kappa shape index (κ3) is 10.6. The molecule has 0 bridgehead atoms. The van der Waals surface area contributed by atoms with Crippen LogP contribution in [0.4, 0.5) is 0 Å². The highest BCUT2D eigenvalue weighted by Gasteiger charge is 2.30. The summed E-state index contributed by atoms with van der Waals surface area (Å²) in [6, 6.07) is 16.2. The number of nitrogens with one attached hydrogen (secondary N) is 1. The molecule has 2 aromatic carbocycles. The van der Waals surface area contributed by atoms with Gasteiger partial charge in [-0.25, -0.2) is 0 Å². The molecular weight excluding hydrogens is 554 g/mol. The molecule has 1 atom stereocenters. The average Bonchev–Trinajstić information content (AvgIpc) is 3.29. The van der Waals surface area contributed by atoms with Gasteiger partial charge in [0.1, 0.15) is 0 Å². The molecule has 0 radical (unpaired) electrons. The molecule has 2 N–H and O–H groups in total. The topological polar surface area (TPSA) is 82.0 Å². The minimum absolute atomic E-state index is 0.0960. The van der Waals surface area contributed by atoms with Crippen molar-refractivity contribution >= 4 is 28.8 Å². The maximum Gasteiger partial charge on any atom is 0.305 e. The maximum absolute atomic E-state index is 12.4. The summed E-state index contributed by atoms with van der Waals surface area (Å²) in [7, 11) is 0. The van der Waals surface area contributed by atoms with Crippen molar-refractivity contribution in [3.8, 4) is 12.8 Å². The van der Waals surface area contributed by atoms with Gasteiger partial charge >= 0.3 is 5.97 Å². The number of hydrogen-bond donors (Lipinski definition) is 2. The van der Waals surface area contributed by atoms with Gasteiger partial charge in [0.15, 0.2) is 5.17 Å². The van der Waals surface area contributed by atoms with Gasteiger partial charge in [-0.05, 0) is 78.8 Å². The Bertz CT molecular complexity index is 1340. The second kappa shape index (κ2) is 19.2. The molecule has 0 saturated heterocycles. The molecule has 2 aliphatic carbocycles. The van der Waals surface area contributed by atoms with Crippen LogP contribution < -0.4 is 5.32 Å². The van der Waals surface area contributed by atoms with Gasteiger partial charge in [-0.15, -0.1) is 12.8 Å². The smallest absolute Gasteiger partial charge is 0.305 e. The molecule has 43 heavy (non-hydrogen) atoms. The number of aliphatic carboxylic acids is 1. The first-order chi connectivity index (χ1) is 21.0. The molecule has 0 spiro atoms. The van der Waals surface area contributed by atoms with E-state index >= 15 is 0 Å². The van der Waals surface area contributed by atoms with E-state index in [1.54, 1.807) is 11.8 Å². The molecule has 228 valence electrons. The molecule has 0 heterocycles. The number of rotatable bonds is 9. The van der Waals surface area contributed by atoms with E-state index in [9.17, 15) is 9.59 Å². The highest BCUT2D eigenvalue weighted by atomic mass is 32.2. The van der Waals surface area contributed by atoms with Crippen LogP contribution in [-0.4, -0.2) is 45.9 Å². The van der Waals surface area contributed by atoms with Crippen molar-refractivity contribution in [2.24, 2.45) is 4.99 Å².